The fourth-order valence-electron chi connectivity index (χ4n) is 1.67. The fourth-order valence-corrected chi connectivity index (χ4v) is 1.67. The molecule has 2 unspecified atom stereocenters. The molecular formula is C13H19NO4. The summed E-state index contributed by atoms with van der Waals surface area (Å²) in [5, 5.41) is 21.8. The van der Waals surface area contributed by atoms with Crippen molar-refractivity contribution >= 4 is 5.97 Å². The average Bonchev–Trinajstić information content (AvgIpc) is 2.27. The molecule has 1 aromatic carbocycles. The van der Waals surface area contributed by atoms with Crippen molar-refractivity contribution in [3.63, 3.8) is 0 Å². The highest BCUT2D eigenvalue weighted by Gasteiger charge is 2.17. The van der Waals surface area contributed by atoms with Crippen LogP contribution in [0.2, 0.25) is 0 Å². The number of aromatic hydroxyl groups is 2. The predicted octanol–water partition coefficient (Wildman–Crippen LogP) is 1.70. The van der Waals surface area contributed by atoms with Gasteiger partial charge in [0.2, 0.25) is 0 Å². The predicted molar refractivity (Wildman–Crippen MR) is 67.4 cm³/mol. The van der Waals surface area contributed by atoms with E-state index in [4.69, 9.17) is 4.74 Å². The van der Waals surface area contributed by atoms with Crippen LogP contribution in [0.4, 0.5) is 0 Å². The zero-order valence-corrected chi connectivity index (χ0v) is 10.8. The van der Waals surface area contributed by atoms with Gasteiger partial charge in [0.25, 0.3) is 0 Å². The molecule has 0 aliphatic carbocycles. The first-order chi connectivity index (χ1) is 8.43. The second-order valence-electron chi connectivity index (χ2n) is 4.14. The Morgan fingerprint density at radius 3 is 2.33 bits per heavy atom. The van der Waals surface area contributed by atoms with Crippen molar-refractivity contribution in [1.82, 2.24) is 5.32 Å². The summed E-state index contributed by atoms with van der Waals surface area (Å²) in [5.41, 5.74) is 0.698. The summed E-state index contributed by atoms with van der Waals surface area (Å²) in [7, 11) is 0. The molecule has 3 N–H and O–H groups in total. The standard InChI is InChI=1S/C13H19NO4/c1-4-18-13(17)9(3)14-8(2)10-5-11(15)7-12(16)6-10/h5-9,14-16H,4H2,1-3H3. The quantitative estimate of drug-likeness (QED) is 0.696. The summed E-state index contributed by atoms with van der Waals surface area (Å²) in [6.07, 6.45) is 0. The molecule has 5 heteroatoms. The molecule has 0 fully saturated rings. The van der Waals surface area contributed by atoms with Crippen molar-refractivity contribution in [3.8, 4) is 11.5 Å². The van der Waals surface area contributed by atoms with E-state index in [1.165, 1.54) is 18.2 Å². The minimum absolute atomic E-state index is 0.0116. The Labute approximate surface area is 106 Å². The van der Waals surface area contributed by atoms with Crippen LogP contribution in [-0.2, 0) is 9.53 Å². The molecule has 100 valence electrons. The molecule has 2 atom stereocenters. The minimum atomic E-state index is -0.454. The van der Waals surface area contributed by atoms with Gasteiger partial charge in [0, 0.05) is 12.1 Å². The third-order valence-electron chi connectivity index (χ3n) is 2.57. The number of rotatable bonds is 5. The minimum Gasteiger partial charge on any atom is -0.508 e. The molecule has 0 spiro atoms. The number of hydrogen-bond acceptors (Lipinski definition) is 5. The van der Waals surface area contributed by atoms with E-state index in [2.05, 4.69) is 5.32 Å². The molecule has 18 heavy (non-hydrogen) atoms. The summed E-state index contributed by atoms with van der Waals surface area (Å²) < 4.78 is 4.89. The number of carbonyl (C=O) groups is 1. The van der Waals surface area contributed by atoms with Crippen LogP contribution in [0.1, 0.15) is 32.4 Å². The first-order valence-electron chi connectivity index (χ1n) is 5.89. The molecule has 0 aromatic heterocycles. The summed E-state index contributed by atoms with van der Waals surface area (Å²) in [5.74, 6) is -0.349. The van der Waals surface area contributed by atoms with E-state index in [0.29, 0.717) is 12.2 Å². The van der Waals surface area contributed by atoms with Crippen LogP contribution in [0.5, 0.6) is 11.5 Å². The van der Waals surface area contributed by atoms with Crippen LogP contribution in [-0.4, -0.2) is 28.8 Å². The topological polar surface area (TPSA) is 78.8 Å². The lowest BCUT2D eigenvalue weighted by atomic mass is 10.1. The number of hydrogen-bond donors (Lipinski definition) is 3. The smallest absolute Gasteiger partial charge is 0.322 e. The summed E-state index contributed by atoms with van der Waals surface area (Å²) in [6, 6.07) is 3.68. The van der Waals surface area contributed by atoms with Gasteiger partial charge in [0.05, 0.1) is 6.61 Å². The number of phenols is 2. The first-order valence-corrected chi connectivity index (χ1v) is 5.89. The monoisotopic (exact) mass is 253 g/mol. The Hall–Kier alpha value is -1.75. The van der Waals surface area contributed by atoms with Crippen molar-refractivity contribution < 1.29 is 19.7 Å². The zero-order valence-electron chi connectivity index (χ0n) is 10.8. The maximum Gasteiger partial charge on any atom is 0.322 e. The maximum absolute atomic E-state index is 11.5. The molecule has 0 radical (unpaired) electrons. The summed E-state index contributed by atoms with van der Waals surface area (Å²) in [6.45, 7) is 5.63. The van der Waals surface area contributed by atoms with Gasteiger partial charge in [0.1, 0.15) is 17.5 Å². The van der Waals surface area contributed by atoms with Gasteiger partial charge in [-0.3, -0.25) is 10.1 Å². The molecule has 5 nitrogen and oxygen atoms in total. The van der Waals surface area contributed by atoms with Gasteiger partial charge in [-0.05, 0) is 38.5 Å². The largest absolute Gasteiger partial charge is 0.508 e. The second-order valence-corrected chi connectivity index (χ2v) is 4.14. The molecule has 1 aromatic rings. The van der Waals surface area contributed by atoms with E-state index in [1.54, 1.807) is 13.8 Å². The van der Waals surface area contributed by atoms with Crippen LogP contribution in [0.15, 0.2) is 18.2 Å². The van der Waals surface area contributed by atoms with Crippen LogP contribution < -0.4 is 5.32 Å². The maximum atomic E-state index is 11.5. The molecule has 0 heterocycles. The van der Waals surface area contributed by atoms with Gasteiger partial charge >= 0.3 is 5.97 Å². The Bertz CT molecular complexity index is 399. The van der Waals surface area contributed by atoms with Crippen molar-refractivity contribution in [1.29, 1.82) is 0 Å². The summed E-state index contributed by atoms with van der Waals surface area (Å²) in [4.78, 5) is 11.5. The highest BCUT2D eigenvalue weighted by molar-refractivity contribution is 5.75. The normalized spacial score (nSPS) is 13.9. The van der Waals surface area contributed by atoms with E-state index < -0.39 is 6.04 Å². The lowest BCUT2D eigenvalue weighted by molar-refractivity contribution is -0.145. The molecule has 0 bridgehead atoms. The van der Waals surface area contributed by atoms with Crippen LogP contribution in [0.3, 0.4) is 0 Å². The highest BCUT2D eigenvalue weighted by atomic mass is 16.5. The van der Waals surface area contributed by atoms with E-state index in [-0.39, 0.29) is 23.5 Å². The molecule has 0 saturated heterocycles. The molecule has 0 amide bonds. The van der Waals surface area contributed by atoms with Crippen molar-refractivity contribution in [2.24, 2.45) is 0 Å². The zero-order chi connectivity index (χ0) is 13.7. The number of ether oxygens (including phenoxy) is 1. The number of phenolic OH excluding ortho intramolecular Hbond substituents is 2. The third-order valence-corrected chi connectivity index (χ3v) is 2.57. The Morgan fingerprint density at radius 2 is 1.83 bits per heavy atom. The molecular weight excluding hydrogens is 234 g/mol. The third kappa shape index (κ3) is 3.92. The van der Waals surface area contributed by atoms with Crippen molar-refractivity contribution in [2.75, 3.05) is 6.61 Å². The van der Waals surface area contributed by atoms with Crippen LogP contribution in [0, 0.1) is 0 Å². The fraction of sp³-hybridized carbons (Fsp3) is 0.462. The number of benzene rings is 1. The first kappa shape index (κ1) is 14.3. The van der Waals surface area contributed by atoms with Gasteiger partial charge in [-0.2, -0.15) is 0 Å². The lowest BCUT2D eigenvalue weighted by Crippen LogP contribution is -2.37. The van der Waals surface area contributed by atoms with E-state index in [1.807, 2.05) is 6.92 Å². The van der Waals surface area contributed by atoms with Crippen molar-refractivity contribution in [3.05, 3.63) is 23.8 Å². The van der Waals surface area contributed by atoms with Gasteiger partial charge in [-0.15, -0.1) is 0 Å². The Morgan fingerprint density at radius 1 is 1.28 bits per heavy atom. The van der Waals surface area contributed by atoms with E-state index >= 15 is 0 Å². The van der Waals surface area contributed by atoms with Gasteiger partial charge in [0.15, 0.2) is 0 Å². The van der Waals surface area contributed by atoms with Crippen molar-refractivity contribution in [2.45, 2.75) is 32.9 Å². The molecule has 0 aliphatic rings. The average molecular weight is 253 g/mol. The SMILES string of the molecule is CCOC(=O)C(C)NC(C)c1cc(O)cc(O)c1. The lowest BCUT2D eigenvalue weighted by Gasteiger charge is -2.19. The summed E-state index contributed by atoms with van der Waals surface area (Å²) >= 11 is 0. The van der Waals surface area contributed by atoms with Gasteiger partial charge in [-0.25, -0.2) is 0 Å². The second kappa shape index (κ2) is 6.26. The van der Waals surface area contributed by atoms with Crippen LogP contribution >= 0.6 is 0 Å². The highest BCUT2D eigenvalue weighted by Crippen LogP contribution is 2.24. The molecule has 0 aliphatic heterocycles. The van der Waals surface area contributed by atoms with E-state index in [0.717, 1.165) is 0 Å². The number of esters is 1. The van der Waals surface area contributed by atoms with Crippen LogP contribution in [0.25, 0.3) is 0 Å². The number of nitrogens with one attached hydrogen (secondary N) is 1. The van der Waals surface area contributed by atoms with Gasteiger partial charge < -0.3 is 14.9 Å². The number of carbonyl (C=O) groups excluding carboxylic acids is 1. The Balaban J connectivity index is 2.69. The van der Waals surface area contributed by atoms with E-state index in [9.17, 15) is 15.0 Å². The molecule has 1 rings (SSSR count). The molecule has 0 saturated carbocycles. The Kier molecular flexibility index (Phi) is 4.97. The van der Waals surface area contributed by atoms with Gasteiger partial charge in [-0.1, -0.05) is 0 Å².